The predicted octanol–water partition coefficient (Wildman–Crippen LogP) is 3.78. The molecule has 160 valence electrons. The molecule has 0 spiro atoms. The minimum absolute atomic E-state index is 0.0572. The summed E-state index contributed by atoms with van der Waals surface area (Å²) < 4.78 is 0. The van der Waals surface area contributed by atoms with Crippen molar-refractivity contribution in [3.63, 3.8) is 0 Å². The van der Waals surface area contributed by atoms with Crippen molar-refractivity contribution in [1.82, 2.24) is 10.2 Å². The highest BCUT2D eigenvalue weighted by atomic mass is 32.2. The Balaban J connectivity index is 1.52. The van der Waals surface area contributed by atoms with Crippen LogP contribution in [0.4, 0.5) is 5.69 Å². The molecule has 1 atom stereocenters. The van der Waals surface area contributed by atoms with Crippen molar-refractivity contribution < 1.29 is 9.59 Å². The average Bonchev–Trinajstić information content (AvgIpc) is 3.09. The summed E-state index contributed by atoms with van der Waals surface area (Å²) in [6.07, 6.45) is 1.47. The van der Waals surface area contributed by atoms with Gasteiger partial charge < -0.3 is 5.32 Å². The number of nitrogens with one attached hydrogen (secondary N) is 1. The number of rotatable bonds is 7. The molecule has 0 unspecified atom stereocenters. The first-order chi connectivity index (χ1) is 15.0. The summed E-state index contributed by atoms with van der Waals surface area (Å²) in [6.45, 7) is 4.91. The molecule has 2 aromatic carbocycles. The van der Waals surface area contributed by atoms with Crippen LogP contribution in [0.1, 0.15) is 31.4 Å². The van der Waals surface area contributed by atoms with Crippen LogP contribution >= 0.6 is 11.8 Å². The van der Waals surface area contributed by atoms with E-state index in [9.17, 15) is 9.59 Å². The molecule has 1 N–H and O–H groups in total. The number of nitrogens with zero attached hydrogens (tertiary/aromatic N) is 3. The Bertz CT molecular complexity index is 1030. The molecule has 31 heavy (non-hydrogen) atoms. The van der Waals surface area contributed by atoms with Crippen LogP contribution in [-0.4, -0.2) is 46.1 Å². The Morgan fingerprint density at radius 3 is 2.65 bits per heavy atom. The molecule has 4 rings (SSSR count). The molecule has 0 fully saturated rings. The topological polar surface area (TPSA) is 74.1 Å². The van der Waals surface area contributed by atoms with Crippen LogP contribution in [0, 0.1) is 5.92 Å². The first-order valence-corrected chi connectivity index (χ1v) is 11.5. The van der Waals surface area contributed by atoms with Crippen molar-refractivity contribution in [2.75, 3.05) is 12.3 Å². The van der Waals surface area contributed by atoms with E-state index in [-0.39, 0.29) is 17.6 Å². The number of thioether (sulfide) groups is 1. The second-order valence-electron chi connectivity index (χ2n) is 8.06. The second kappa shape index (κ2) is 9.47. The maximum Gasteiger partial charge on any atom is 0.259 e. The lowest BCUT2D eigenvalue weighted by molar-refractivity contribution is -0.124. The standard InChI is InChI=1S/C24H26N4O2S/c1-16(2)12-13-25-21(29)15-31-24-27-19-11-7-6-10-18(19)22-26-20(23(30)28(22)24)14-17-8-4-3-5-9-17/h3-11,16,20H,12-15H2,1-2H3,(H,25,29)/t20-/m1/s1. The molecule has 2 amide bonds. The fourth-order valence-electron chi connectivity index (χ4n) is 3.55. The number of benzene rings is 2. The van der Waals surface area contributed by atoms with E-state index in [0.717, 1.165) is 23.2 Å². The molecular weight excluding hydrogens is 408 g/mol. The predicted molar refractivity (Wildman–Crippen MR) is 126 cm³/mol. The highest BCUT2D eigenvalue weighted by Gasteiger charge is 2.41. The van der Waals surface area contributed by atoms with Crippen LogP contribution in [0.25, 0.3) is 0 Å². The maximum absolute atomic E-state index is 13.3. The lowest BCUT2D eigenvalue weighted by atomic mass is 10.1. The van der Waals surface area contributed by atoms with Crippen LogP contribution in [0.5, 0.6) is 0 Å². The Morgan fingerprint density at radius 2 is 1.87 bits per heavy atom. The molecule has 0 aromatic heterocycles. The highest BCUT2D eigenvalue weighted by molar-refractivity contribution is 8.14. The van der Waals surface area contributed by atoms with Crippen LogP contribution in [0.15, 0.2) is 64.6 Å². The van der Waals surface area contributed by atoms with Gasteiger partial charge in [-0.25, -0.2) is 9.89 Å². The van der Waals surface area contributed by atoms with Crippen molar-refractivity contribution in [1.29, 1.82) is 0 Å². The number of aliphatic imine (C=N–C) groups is 2. The van der Waals surface area contributed by atoms with Crippen molar-refractivity contribution in [3.8, 4) is 0 Å². The summed E-state index contributed by atoms with van der Waals surface area (Å²) in [5.41, 5.74) is 2.68. The lowest BCUT2D eigenvalue weighted by Gasteiger charge is -2.25. The van der Waals surface area contributed by atoms with E-state index in [4.69, 9.17) is 4.99 Å². The number of amides is 2. The SMILES string of the molecule is CC(C)CCNC(=O)CSC1=Nc2ccccc2C2=N[C@H](Cc3ccccc3)C(=O)N12. The van der Waals surface area contributed by atoms with Gasteiger partial charge in [0.15, 0.2) is 5.17 Å². The zero-order valence-electron chi connectivity index (χ0n) is 17.7. The third kappa shape index (κ3) is 4.88. The van der Waals surface area contributed by atoms with Crippen molar-refractivity contribution in [2.24, 2.45) is 15.9 Å². The molecule has 0 bridgehead atoms. The van der Waals surface area contributed by atoms with E-state index in [0.29, 0.717) is 29.9 Å². The van der Waals surface area contributed by atoms with Gasteiger partial charge in [-0.3, -0.25) is 14.6 Å². The van der Waals surface area contributed by atoms with Crippen LogP contribution in [0.3, 0.4) is 0 Å². The number of fused-ring (bicyclic) bond motifs is 3. The lowest BCUT2D eigenvalue weighted by Crippen LogP contribution is -2.42. The zero-order valence-corrected chi connectivity index (χ0v) is 18.6. The molecule has 2 aliphatic rings. The summed E-state index contributed by atoms with van der Waals surface area (Å²) in [5, 5.41) is 3.45. The zero-order chi connectivity index (χ0) is 21.8. The van der Waals surface area contributed by atoms with Crippen molar-refractivity contribution >= 4 is 40.3 Å². The van der Waals surface area contributed by atoms with E-state index in [1.807, 2.05) is 54.6 Å². The van der Waals surface area contributed by atoms with E-state index in [1.165, 1.54) is 11.8 Å². The molecule has 2 aliphatic heterocycles. The minimum Gasteiger partial charge on any atom is -0.355 e. The molecule has 0 radical (unpaired) electrons. The summed E-state index contributed by atoms with van der Waals surface area (Å²) in [5.74, 6) is 1.21. The number of amidine groups is 2. The summed E-state index contributed by atoms with van der Waals surface area (Å²) in [7, 11) is 0. The number of hydrogen-bond donors (Lipinski definition) is 1. The first kappa shape index (κ1) is 21.3. The Labute approximate surface area is 186 Å². The van der Waals surface area contributed by atoms with E-state index >= 15 is 0 Å². The van der Waals surface area contributed by atoms with Gasteiger partial charge in [-0.1, -0.05) is 68.1 Å². The quantitative estimate of drug-likeness (QED) is 0.721. The Hall–Kier alpha value is -2.93. The second-order valence-corrected chi connectivity index (χ2v) is 9.01. The third-order valence-electron chi connectivity index (χ3n) is 5.20. The summed E-state index contributed by atoms with van der Waals surface area (Å²) in [4.78, 5) is 36.6. The fourth-order valence-corrected chi connectivity index (χ4v) is 4.38. The van der Waals surface area contributed by atoms with Crippen LogP contribution in [-0.2, 0) is 16.0 Å². The van der Waals surface area contributed by atoms with Gasteiger partial charge in [0, 0.05) is 18.5 Å². The molecular formula is C24H26N4O2S. The number of carbonyl (C=O) groups is 2. The highest BCUT2D eigenvalue weighted by Crippen LogP contribution is 2.34. The molecule has 6 nitrogen and oxygen atoms in total. The van der Waals surface area contributed by atoms with E-state index in [2.05, 4.69) is 24.2 Å². The minimum atomic E-state index is -0.491. The van der Waals surface area contributed by atoms with Crippen molar-refractivity contribution in [2.45, 2.75) is 32.7 Å². The van der Waals surface area contributed by atoms with Gasteiger partial charge in [-0.15, -0.1) is 0 Å². The van der Waals surface area contributed by atoms with Gasteiger partial charge in [-0.2, -0.15) is 0 Å². The van der Waals surface area contributed by atoms with Gasteiger partial charge >= 0.3 is 0 Å². The maximum atomic E-state index is 13.3. The molecule has 7 heteroatoms. The smallest absolute Gasteiger partial charge is 0.259 e. The van der Waals surface area contributed by atoms with Crippen molar-refractivity contribution in [3.05, 3.63) is 65.7 Å². The van der Waals surface area contributed by atoms with E-state index < -0.39 is 6.04 Å². The number of carbonyl (C=O) groups excluding carboxylic acids is 2. The van der Waals surface area contributed by atoms with Gasteiger partial charge in [0.05, 0.1) is 11.4 Å². The molecule has 0 saturated carbocycles. The normalized spacial score (nSPS) is 17.2. The summed E-state index contributed by atoms with van der Waals surface area (Å²) >= 11 is 1.28. The average molecular weight is 435 g/mol. The monoisotopic (exact) mass is 434 g/mol. The van der Waals surface area contributed by atoms with Gasteiger partial charge in [-0.05, 0) is 30.0 Å². The molecule has 0 saturated heterocycles. The Kier molecular flexibility index (Phi) is 6.51. The number of para-hydroxylation sites is 1. The molecule has 0 aliphatic carbocycles. The largest absolute Gasteiger partial charge is 0.355 e. The Morgan fingerprint density at radius 1 is 1.13 bits per heavy atom. The summed E-state index contributed by atoms with van der Waals surface area (Å²) in [6, 6.07) is 17.1. The molecule has 2 heterocycles. The van der Waals surface area contributed by atoms with Gasteiger partial charge in [0.2, 0.25) is 5.91 Å². The van der Waals surface area contributed by atoms with Crippen LogP contribution in [0.2, 0.25) is 0 Å². The molecule has 2 aromatic rings. The van der Waals surface area contributed by atoms with Gasteiger partial charge in [0.25, 0.3) is 5.91 Å². The third-order valence-corrected chi connectivity index (χ3v) is 6.13. The van der Waals surface area contributed by atoms with Gasteiger partial charge in [0.1, 0.15) is 11.9 Å². The van der Waals surface area contributed by atoms with Crippen LogP contribution < -0.4 is 5.32 Å². The first-order valence-electron chi connectivity index (χ1n) is 10.6. The van der Waals surface area contributed by atoms with E-state index in [1.54, 1.807) is 4.90 Å². The number of hydrogen-bond acceptors (Lipinski definition) is 5. The fraction of sp³-hybridized carbons (Fsp3) is 0.333.